The SMILES string of the molecule is CC(C)CCc1nc2ccc(N)cc2n1C(C)C. The zero-order chi connectivity index (χ0) is 13.3. The van der Waals surface area contributed by atoms with Crippen molar-refractivity contribution in [3.8, 4) is 0 Å². The van der Waals surface area contributed by atoms with E-state index in [2.05, 4.69) is 32.3 Å². The maximum absolute atomic E-state index is 5.88. The molecule has 1 aromatic heterocycles. The molecule has 0 amide bonds. The monoisotopic (exact) mass is 245 g/mol. The number of benzene rings is 1. The van der Waals surface area contributed by atoms with Gasteiger partial charge in [0.1, 0.15) is 5.82 Å². The molecule has 0 saturated heterocycles. The van der Waals surface area contributed by atoms with Gasteiger partial charge in [0.15, 0.2) is 0 Å². The Balaban J connectivity index is 2.48. The Labute approximate surface area is 109 Å². The van der Waals surface area contributed by atoms with Crippen molar-refractivity contribution in [2.75, 3.05) is 5.73 Å². The maximum Gasteiger partial charge on any atom is 0.110 e. The second-order valence-electron chi connectivity index (χ2n) is 5.67. The fourth-order valence-corrected chi connectivity index (χ4v) is 2.33. The molecule has 3 nitrogen and oxygen atoms in total. The van der Waals surface area contributed by atoms with Crippen LogP contribution in [0.5, 0.6) is 0 Å². The molecule has 0 radical (unpaired) electrons. The van der Waals surface area contributed by atoms with Crippen molar-refractivity contribution in [2.45, 2.75) is 46.6 Å². The van der Waals surface area contributed by atoms with Crippen LogP contribution < -0.4 is 5.73 Å². The van der Waals surface area contributed by atoms with Crippen LogP contribution in [0.25, 0.3) is 11.0 Å². The van der Waals surface area contributed by atoms with E-state index in [1.807, 2.05) is 18.2 Å². The van der Waals surface area contributed by atoms with Gasteiger partial charge in [-0.15, -0.1) is 0 Å². The van der Waals surface area contributed by atoms with E-state index in [1.165, 1.54) is 12.2 Å². The molecule has 0 aliphatic heterocycles. The first-order chi connectivity index (χ1) is 8.49. The van der Waals surface area contributed by atoms with Crippen molar-refractivity contribution in [2.24, 2.45) is 5.92 Å². The van der Waals surface area contributed by atoms with E-state index < -0.39 is 0 Å². The number of imidazole rings is 1. The predicted molar refractivity (Wildman–Crippen MR) is 77.7 cm³/mol. The molecular formula is C15H23N3. The third-order valence-electron chi connectivity index (χ3n) is 3.25. The molecule has 0 fully saturated rings. The van der Waals surface area contributed by atoms with Crippen molar-refractivity contribution < 1.29 is 0 Å². The minimum Gasteiger partial charge on any atom is -0.399 e. The van der Waals surface area contributed by atoms with Crippen molar-refractivity contribution in [1.82, 2.24) is 9.55 Å². The van der Waals surface area contributed by atoms with Gasteiger partial charge in [-0.2, -0.15) is 0 Å². The molecule has 0 unspecified atom stereocenters. The van der Waals surface area contributed by atoms with Crippen LogP contribution in [0.3, 0.4) is 0 Å². The van der Waals surface area contributed by atoms with E-state index in [4.69, 9.17) is 10.7 Å². The smallest absolute Gasteiger partial charge is 0.110 e. The number of fused-ring (bicyclic) bond motifs is 1. The summed E-state index contributed by atoms with van der Waals surface area (Å²) in [6, 6.07) is 6.38. The Morgan fingerprint density at radius 1 is 1.22 bits per heavy atom. The topological polar surface area (TPSA) is 43.8 Å². The Hall–Kier alpha value is -1.51. The lowest BCUT2D eigenvalue weighted by molar-refractivity contribution is 0.532. The van der Waals surface area contributed by atoms with Crippen molar-refractivity contribution in [1.29, 1.82) is 0 Å². The number of rotatable bonds is 4. The number of nitrogens with two attached hydrogens (primary N) is 1. The van der Waals surface area contributed by atoms with Gasteiger partial charge in [0, 0.05) is 18.2 Å². The standard InChI is InChI=1S/C15H23N3/c1-10(2)5-8-15-17-13-7-6-12(16)9-14(13)18(15)11(3)4/h6-7,9-11H,5,8,16H2,1-4H3. The molecule has 1 heterocycles. The molecule has 2 rings (SSSR count). The first kappa shape index (κ1) is 12.9. The lowest BCUT2D eigenvalue weighted by Gasteiger charge is -2.13. The molecule has 0 saturated carbocycles. The number of aromatic nitrogens is 2. The third-order valence-corrected chi connectivity index (χ3v) is 3.25. The van der Waals surface area contributed by atoms with Crippen LogP contribution in [0.2, 0.25) is 0 Å². The number of nitrogen functional groups attached to an aromatic ring is 1. The van der Waals surface area contributed by atoms with Gasteiger partial charge in [0.25, 0.3) is 0 Å². The van der Waals surface area contributed by atoms with Crippen LogP contribution >= 0.6 is 0 Å². The summed E-state index contributed by atoms with van der Waals surface area (Å²) in [6.45, 7) is 8.90. The van der Waals surface area contributed by atoms with Gasteiger partial charge < -0.3 is 10.3 Å². The van der Waals surface area contributed by atoms with Gasteiger partial charge in [-0.3, -0.25) is 0 Å². The summed E-state index contributed by atoms with van der Waals surface area (Å²) in [5.41, 5.74) is 8.90. The molecule has 2 N–H and O–H groups in total. The second kappa shape index (κ2) is 5.01. The Bertz CT molecular complexity index is 538. The number of aryl methyl sites for hydroxylation is 1. The molecule has 0 aliphatic rings. The quantitative estimate of drug-likeness (QED) is 0.833. The van der Waals surface area contributed by atoms with Crippen LogP contribution in [-0.4, -0.2) is 9.55 Å². The molecule has 0 aliphatic carbocycles. The minimum atomic E-state index is 0.416. The summed E-state index contributed by atoms with van der Waals surface area (Å²) in [5, 5.41) is 0. The first-order valence-electron chi connectivity index (χ1n) is 6.75. The molecule has 1 aromatic carbocycles. The summed E-state index contributed by atoms with van der Waals surface area (Å²) >= 11 is 0. The summed E-state index contributed by atoms with van der Waals surface area (Å²) in [6.07, 6.45) is 2.20. The Kier molecular flexibility index (Phi) is 3.60. The molecule has 3 heteroatoms. The molecular weight excluding hydrogens is 222 g/mol. The zero-order valence-corrected chi connectivity index (χ0v) is 11.8. The molecule has 0 atom stereocenters. The Morgan fingerprint density at radius 2 is 1.94 bits per heavy atom. The normalized spacial score (nSPS) is 11.9. The predicted octanol–water partition coefficient (Wildman–Crippen LogP) is 3.79. The molecule has 18 heavy (non-hydrogen) atoms. The zero-order valence-electron chi connectivity index (χ0n) is 11.8. The summed E-state index contributed by atoms with van der Waals surface area (Å²) < 4.78 is 2.31. The number of anilines is 1. The third kappa shape index (κ3) is 2.50. The average molecular weight is 245 g/mol. The van der Waals surface area contributed by atoms with Gasteiger partial charge in [-0.1, -0.05) is 13.8 Å². The van der Waals surface area contributed by atoms with Gasteiger partial charge in [-0.25, -0.2) is 4.98 Å². The van der Waals surface area contributed by atoms with Gasteiger partial charge in [-0.05, 0) is 44.4 Å². The highest BCUT2D eigenvalue weighted by Gasteiger charge is 2.13. The highest BCUT2D eigenvalue weighted by atomic mass is 15.1. The van der Waals surface area contributed by atoms with Crippen LogP contribution in [0.1, 0.15) is 46.0 Å². The maximum atomic E-state index is 5.88. The fraction of sp³-hybridized carbons (Fsp3) is 0.533. The summed E-state index contributed by atoms with van der Waals surface area (Å²) in [5.74, 6) is 1.88. The summed E-state index contributed by atoms with van der Waals surface area (Å²) in [4.78, 5) is 4.75. The van der Waals surface area contributed by atoms with E-state index >= 15 is 0 Å². The van der Waals surface area contributed by atoms with Crippen LogP contribution in [-0.2, 0) is 6.42 Å². The summed E-state index contributed by atoms with van der Waals surface area (Å²) in [7, 11) is 0. The lowest BCUT2D eigenvalue weighted by Crippen LogP contribution is -2.07. The van der Waals surface area contributed by atoms with Gasteiger partial charge >= 0.3 is 0 Å². The lowest BCUT2D eigenvalue weighted by atomic mass is 10.1. The average Bonchev–Trinajstić information content (AvgIpc) is 2.63. The molecule has 2 aromatic rings. The highest BCUT2D eigenvalue weighted by Crippen LogP contribution is 2.24. The minimum absolute atomic E-state index is 0.416. The number of nitrogens with zero attached hydrogens (tertiary/aromatic N) is 2. The first-order valence-corrected chi connectivity index (χ1v) is 6.75. The highest BCUT2D eigenvalue weighted by molar-refractivity contribution is 5.79. The Morgan fingerprint density at radius 3 is 2.56 bits per heavy atom. The van der Waals surface area contributed by atoms with E-state index in [0.717, 1.165) is 23.1 Å². The van der Waals surface area contributed by atoms with Crippen LogP contribution in [0, 0.1) is 5.92 Å². The van der Waals surface area contributed by atoms with E-state index in [1.54, 1.807) is 0 Å². The van der Waals surface area contributed by atoms with Crippen molar-refractivity contribution in [3.63, 3.8) is 0 Å². The van der Waals surface area contributed by atoms with Crippen molar-refractivity contribution in [3.05, 3.63) is 24.0 Å². The largest absolute Gasteiger partial charge is 0.399 e. The fourth-order valence-electron chi connectivity index (χ4n) is 2.33. The van der Waals surface area contributed by atoms with E-state index in [0.29, 0.717) is 12.0 Å². The number of hydrogen-bond acceptors (Lipinski definition) is 2. The molecule has 0 spiro atoms. The van der Waals surface area contributed by atoms with Crippen LogP contribution in [0.15, 0.2) is 18.2 Å². The van der Waals surface area contributed by atoms with E-state index in [9.17, 15) is 0 Å². The second-order valence-corrected chi connectivity index (χ2v) is 5.67. The van der Waals surface area contributed by atoms with Crippen molar-refractivity contribution >= 4 is 16.7 Å². The molecule has 98 valence electrons. The van der Waals surface area contributed by atoms with E-state index in [-0.39, 0.29) is 0 Å². The van der Waals surface area contributed by atoms with Gasteiger partial charge in [0.05, 0.1) is 11.0 Å². The van der Waals surface area contributed by atoms with Gasteiger partial charge in [0.2, 0.25) is 0 Å². The number of hydrogen-bond donors (Lipinski definition) is 1. The van der Waals surface area contributed by atoms with Crippen LogP contribution in [0.4, 0.5) is 5.69 Å². The molecule has 0 bridgehead atoms.